The summed E-state index contributed by atoms with van der Waals surface area (Å²) in [5, 5.41) is 0. The molecule has 2 N–H and O–H groups in total. The third-order valence-electron chi connectivity index (χ3n) is 5.04. The summed E-state index contributed by atoms with van der Waals surface area (Å²) in [6.45, 7) is 0.266. The molecule has 0 radical (unpaired) electrons. The Kier molecular flexibility index (Phi) is 4.59. The van der Waals surface area contributed by atoms with Crippen LogP contribution in [0.15, 0.2) is 42.7 Å². The van der Waals surface area contributed by atoms with Crippen molar-refractivity contribution in [1.29, 1.82) is 0 Å². The maximum absolute atomic E-state index is 13.7. The van der Waals surface area contributed by atoms with Crippen LogP contribution in [0.25, 0.3) is 22.3 Å². The molecule has 6 nitrogen and oxygen atoms in total. The minimum absolute atomic E-state index is 0.0121. The molecule has 1 aliphatic heterocycles. The van der Waals surface area contributed by atoms with Crippen molar-refractivity contribution >= 4 is 22.8 Å². The van der Waals surface area contributed by atoms with Crippen LogP contribution in [-0.2, 0) is 4.79 Å². The van der Waals surface area contributed by atoms with Gasteiger partial charge in [-0.15, -0.1) is 0 Å². The van der Waals surface area contributed by atoms with Crippen LogP contribution in [0.3, 0.4) is 0 Å². The molecule has 3 aromatic rings. The molecule has 1 fully saturated rings. The Bertz CT molecular complexity index is 1170. The van der Waals surface area contributed by atoms with Gasteiger partial charge in [0, 0.05) is 24.7 Å². The molecule has 1 atom stereocenters. The molecule has 2 aromatic heterocycles. The van der Waals surface area contributed by atoms with Gasteiger partial charge in [-0.1, -0.05) is 24.0 Å². The van der Waals surface area contributed by atoms with E-state index < -0.39 is 17.7 Å². The summed E-state index contributed by atoms with van der Waals surface area (Å²) >= 11 is 0. The topological polar surface area (TPSA) is 85.0 Å². The number of hydrogen-bond acceptors (Lipinski definition) is 5. The fraction of sp³-hybridized carbons (Fsp3) is 0.238. The van der Waals surface area contributed by atoms with Crippen molar-refractivity contribution in [2.75, 3.05) is 19.3 Å². The molecular formula is C21H17F2N5O. The second-order valence-electron chi connectivity index (χ2n) is 6.90. The zero-order chi connectivity index (χ0) is 20.6. The van der Waals surface area contributed by atoms with Gasteiger partial charge in [0.25, 0.3) is 6.43 Å². The molecule has 0 spiro atoms. The summed E-state index contributed by atoms with van der Waals surface area (Å²) in [4.78, 5) is 26.1. The smallest absolute Gasteiger partial charge is 0.263 e. The average molecular weight is 393 g/mol. The number of nitrogen functional groups attached to an aromatic ring is 1. The third-order valence-corrected chi connectivity index (χ3v) is 5.04. The highest BCUT2D eigenvalue weighted by Gasteiger charge is 2.51. The molecule has 1 unspecified atom stereocenters. The number of rotatable bonds is 2. The lowest BCUT2D eigenvalue weighted by molar-refractivity contribution is -0.138. The maximum Gasteiger partial charge on any atom is 0.263 e. The van der Waals surface area contributed by atoms with Crippen molar-refractivity contribution < 1.29 is 13.6 Å². The van der Waals surface area contributed by atoms with Crippen molar-refractivity contribution in [3.8, 4) is 23.1 Å². The summed E-state index contributed by atoms with van der Waals surface area (Å²) in [6.07, 6.45) is -1.46. The Morgan fingerprint density at radius 2 is 2.07 bits per heavy atom. The largest absolute Gasteiger partial charge is 0.382 e. The molecule has 3 heterocycles. The summed E-state index contributed by atoms with van der Waals surface area (Å²) < 4.78 is 27.3. The number of hydrogen-bond donors (Lipinski definition) is 1. The molecule has 4 rings (SSSR count). The van der Waals surface area contributed by atoms with E-state index in [1.807, 2.05) is 6.07 Å². The van der Waals surface area contributed by atoms with Crippen LogP contribution in [0.5, 0.6) is 0 Å². The number of halogens is 2. The summed E-state index contributed by atoms with van der Waals surface area (Å²) in [7, 11) is 1.51. The predicted molar refractivity (Wildman–Crippen MR) is 105 cm³/mol. The van der Waals surface area contributed by atoms with Gasteiger partial charge in [-0.05, 0) is 30.7 Å². The number of benzene rings is 1. The number of likely N-dealkylation sites (tertiary alicyclic amines) is 1. The molecule has 146 valence electrons. The molecule has 0 saturated carbocycles. The van der Waals surface area contributed by atoms with E-state index in [9.17, 15) is 13.6 Å². The lowest BCUT2D eigenvalue weighted by atomic mass is 9.87. The van der Waals surface area contributed by atoms with Crippen molar-refractivity contribution in [1.82, 2.24) is 19.9 Å². The van der Waals surface area contributed by atoms with Gasteiger partial charge in [-0.25, -0.2) is 23.7 Å². The molecule has 0 bridgehead atoms. The zero-order valence-electron chi connectivity index (χ0n) is 15.6. The van der Waals surface area contributed by atoms with E-state index in [2.05, 4.69) is 26.8 Å². The van der Waals surface area contributed by atoms with E-state index in [-0.39, 0.29) is 18.8 Å². The van der Waals surface area contributed by atoms with Gasteiger partial charge in [0.2, 0.25) is 5.91 Å². The second-order valence-corrected chi connectivity index (χ2v) is 6.90. The number of alkyl halides is 2. The Morgan fingerprint density at radius 3 is 2.79 bits per heavy atom. The van der Waals surface area contributed by atoms with Gasteiger partial charge >= 0.3 is 0 Å². The first kappa shape index (κ1) is 18.7. The van der Waals surface area contributed by atoms with E-state index in [1.165, 1.54) is 18.3 Å². The van der Waals surface area contributed by atoms with Crippen LogP contribution in [0.2, 0.25) is 0 Å². The number of pyridine rings is 1. The van der Waals surface area contributed by atoms with Gasteiger partial charge in [-0.3, -0.25) is 4.79 Å². The Balaban J connectivity index is 1.72. The summed E-state index contributed by atoms with van der Waals surface area (Å²) in [6, 6.07) is 10.6. The van der Waals surface area contributed by atoms with E-state index in [1.54, 1.807) is 30.3 Å². The molecule has 29 heavy (non-hydrogen) atoms. The van der Waals surface area contributed by atoms with E-state index in [4.69, 9.17) is 5.73 Å². The van der Waals surface area contributed by atoms with Crippen molar-refractivity contribution in [2.24, 2.45) is 5.41 Å². The van der Waals surface area contributed by atoms with E-state index in [0.29, 0.717) is 22.3 Å². The molecule has 1 saturated heterocycles. The highest BCUT2D eigenvalue weighted by molar-refractivity contribution is 5.88. The fourth-order valence-corrected chi connectivity index (χ4v) is 3.33. The van der Waals surface area contributed by atoms with Crippen LogP contribution < -0.4 is 5.73 Å². The SMILES string of the molecule is CN1CCC(C#Cc2cccc(-c3ccc4ncnc(N)c4n3)c2)(C(F)F)C1=O. The number of nitrogens with zero attached hydrogens (tertiary/aromatic N) is 4. The number of anilines is 1. The number of fused-ring (bicyclic) bond motifs is 1. The number of amides is 1. The van der Waals surface area contributed by atoms with Crippen LogP contribution in [0.4, 0.5) is 14.6 Å². The normalized spacial score (nSPS) is 18.9. The number of carbonyl (C=O) groups excluding carboxylic acids is 1. The van der Waals surface area contributed by atoms with E-state index >= 15 is 0 Å². The molecule has 8 heteroatoms. The van der Waals surface area contributed by atoms with Crippen molar-refractivity contribution in [3.05, 3.63) is 48.3 Å². The Labute approximate surface area is 165 Å². The van der Waals surface area contributed by atoms with Gasteiger partial charge in [-0.2, -0.15) is 0 Å². The minimum Gasteiger partial charge on any atom is -0.382 e. The van der Waals surface area contributed by atoms with Gasteiger partial charge in [0.15, 0.2) is 11.2 Å². The predicted octanol–water partition coefficient (Wildman–Crippen LogP) is 2.74. The maximum atomic E-state index is 13.7. The van der Waals surface area contributed by atoms with Crippen molar-refractivity contribution in [2.45, 2.75) is 12.8 Å². The lowest BCUT2D eigenvalue weighted by Crippen LogP contribution is -2.37. The summed E-state index contributed by atoms with van der Waals surface area (Å²) in [5.74, 6) is 4.96. The van der Waals surface area contributed by atoms with Gasteiger partial charge in [0.05, 0.1) is 11.2 Å². The number of carbonyl (C=O) groups is 1. The highest BCUT2D eigenvalue weighted by atomic mass is 19.3. The first-order valence-electron chi connectivity index (χ1n) is 8.95. The molecular weight excluding hydrogens is 376 g/mol. The van der Waals surface area contributed by atoms with Crippen LogP contribution in [0, 0.1) is 17.3 Å². The molecule has 1 aliphatic rings. The van der Waals surface area contributed by atoms with Crippen molar-refractivity contribution in [3.63, 3.8) is 0 Å². The van der Waals surface area contributed by atoms with Gasteiger partial charge < -0.3 is 10.6 Å². The van der Waals surface area contributed by atoms with Crippen LogP contribution in [0.1, 0.15) is 12.0 Å². The third kappa shape index (κ3) is 3.25. The zero-order valence-corrected chi connectivity index (χ0v) is 15.6. The Hall–Kier alpha value is -3.60. The number of aromatic nitrogens is 3. The number of nitrogens with two attached hydrogens (primary N) is 1. The molecule has 1 amide bonds. The van der Waals surface area contributed by atoms with Crippen LogP contribution in [-0.4, -0.2) is 45.8 Å². The fourth-order valence-electron chi connectivity index (χ4n) is 3.33. The highest BCUT2D eigenvalue weighted by Crippen LogP contribution is 2.37. The quantitative estimate of drug-likeness (QED) is 0.677. The van der Waals surface area contributed by atoms with Gasteiger partial charge in [0.1, 0.15) is 11.8 Å². The Morgan fingerprint density at radius 1 is 1.24 bits per heavy atom. The minimum atomic E-state index is -2.85. The first-order chi connectivity index (χ1) is 13.9. The monoisotopic (exact) mass is 393 g/mol. The standard InChI is InChI=1S/C21H17F2N5O/c1-28-10-9-21(19(22)23,20(28)29)8-7-13-3-2-4-14(11-13)15-5-6-16-17(27-15)18(24)26-12-25-16/h2-6,11-12,19H,9-10H2,1H3,(H2,24,25,26). The van der Waals surface area contributed by atoms with E-state index in [0.717, 1.165) is 5.56 Å². The first-order valence-corrected chi connectivity index (χ1v) is 8.95. The lowest BCUT2D eigenvalue weighted by Gasteiger charge is -2.19. The summed E-state index contributed by atoms with van der Waals surface area (Å²) in [5.41, 5.74) is 6.92. The van der Waals surface area contributed by atoms with Crippen LogP contribution >= 0.6 is 0 Å². The average Bonchev–Trinajstić information content (AvgIpc) is 3.02. The molecule has 1 aromatic carbocycles. The molecule has 0 aliphatic carbocycles. The second kappa shape index (κ2) is 7.09.